The number of hydrogen-bond donors (Lipinski definition) is 3. The number of benzene rings is 4. The predicted molar refractivity (Wildman–Crippen MR) is 284 cm³/mol. The number of halogens is 1. The zero-order chi connectivity index (χ0) is 48.6. The SMILES string of the molecule is Cc1ncsc1-c1ccc(CNC(=O)[C@@H]2C[C@@H](O)CN2C(=O)C(NCCCCCCCN2CCN(CCOc3ccc(/C(=C(/CCCl)c4ccccc4)c4ccccc4)cc3)CC2)C(C)(C)C)cc1. The van der Waals surface area contributed by atoms with Crippen molar-refractivity contribution in [3.8, 4) is 16.2 Å². The Morgan fingerprint density at radius 2 is 1.43 bits per heavy atom. The molecule has 1 unspecified atom stereocenters. The van der Waals surface area contributed by atoms with Crippen LogP contribution < -0.4 is 15.4 Å². The van der Waals surface area contributed by atoms with Gasteiger partial charge in [0.05, 0.1) is 28.2 Å². The minimum absolute atomic E-state index is 0.121. The largest absolute Gasteiger partial charge is 0.492 e. The zero-order valence-electron chi connectivity index (χ0n) is 41.2. The summed E-state index contributed by atoms with van der Waals surface area (Å²) >= 11 is 7.97. The first kappa shape index (κ1) is 52.0. The van der Waals surface area contributed by atoms with Gasteiger partial charge in [-0.05, 0) is 95.8 Å². The van der Waals surface area contributed by atoms with E-state index in [4.69, 9.17) is 16.3 Å². The second-order valence-electron chi connectivity index (χ2n) is 19.7. The van der Waals surface area contributed by atoms with Gasteiger partial charge in [-0.3, -0.25) is 14.5 Å². The molecule has 69 heavy (non-hydrogen) atoms. The molecule has 2 aliphatic heterocycles. The van der Waals surface area contributed by atoms with Crippen LogP contribution in [0.2, 0.25) is 0 Å². The van der Waals surface area contributed by atoms with Gasteiger partial charge in [0.25, 0.3) is 0 Å². The minimum Gasteiger partial charge on any atom is -0.492 e. The molecule has 0 radical (unpaired) electrons. The minimum atomic E-state index is -0.730. The van der Waals surface area contributed by atoms with Crippen molar-refractivity contribution in [3.63, 3.8) is 0 Å². The molecule has 5 aromatic rings. The normalized spacial score (nSPS) is 17.7. The molecular formula is C57H73ClN6O4S. The Bertz CT molecular complexity index is 2380. The number of hydrogen-bond acceptors (Lipinski definition) is 9. The molecule has 0 bridgehead atoms. The van der Waals surface area contributed by atoms with Crippen LogP contribution in [0.3, 0.4) is 0 Å². The molecule has 2 fully saturated rings. The van der Waals surface area contributed by atoms with Gasteiger partial charge in [0.15, 0.2) is 0 Å². The number of piperazine rings is 1. The van der Waals surface area contributed by atoms with E-state index in [0.29, 0.717) is 19.0 Å². The number of β-amino-alcohol motifs (C(OH)–C–C–N with tert-alkyl or cyclic N) is 1. The molecule has 0 aliphatic carbocycles. The Morgan fingerprint density at radius 1 is 0.812 bits per heavy atom. The second-order valence-corrected chi connectivity index (χ2v) is 20.9. The van der Waals surface area contributed by atoms with Crippen molar-refractivity contribution < 1.29 is 19.4 Å². The number of nitrogens with zero attached hydrogens (tertiary/aromatic N) is 4. The number of unbranched alkanes of at least 4 members (excludes halogenated alkanes) is 4. The number of rotatable bonds is 23. The van der Waals surface area contributed by atoms with Crippen molar-refractivity contribution in [1.29, 1.82) is 0 Å². The van der Waals surface area contributed by atoms with Crippen LogP contribution in [-0.4, -0.2) is 120 Å². The standard InChI is InChI=1S/C57H73ClN6O4S/c1-42-53(69-41-61-42)47-22-20-43(21-23-47)39-60-55(66)51-38-48(65)40-64(51)56(67)54(57(2,3)4)59-30-14-6-5-7-15-31-62-32-34-63(35-33-62)36-37-68-49-26-24-46(25-27-49)52(45-18-12-9-13-19-45)50(28-29-58)44-16-10-8-11-17-44/h8-13,16-27,41,48,51,54,59,65H,5-7,14-15,28-40H2,1-4H3,(H,60,66)/b52-50-/t48-,51+,54?/m1/s1. The Balaban J connectivity index is 0.772. The van der Waals surface area contributed by atoms with Gasteiger partial charge in [-0.15, -0.1) is 22.9 Å². The first-order valence-electron chi connectivity index (χ1n) is 25.1. The topological polar surface area (TPSA) is 110 Å². The third-order valence-corrected chi connectivity index (χ3v) is 14.7. The second kappa shape index (κ2) is 25.8. The van der Waals surface area contributed by atoms with Gasteiger partial charge < -0.3 is 30.3 Å². The molecule has 2 saturated heterocycles. The number of aromatic nitrogens is 1. The van der Waals surface area contributed by atoms with Crippen LogP contribution in [0.1, 0.15) is 93.7 Å². The molecule has 1 aromatic heterocycles. The first-order chi connectivity index (χ1) is 33.5. The fraction of sp³-hybridized carbons (Fsp3) is 0.456. The molecule has 4 aromatic carbocycles. The molecule has 2 amide bonds. The average Bonchev–Trinajstić information content (AvgIpc) is 3.98. The van der Waals surface area contributed by atoms with Crippen LogP contribution >= 0.6 is 22.9 Å². The molecular weight excluding hydrogens is 900 g/mol. The van der Waals surface area contributed by atoms with Crippen LogP contribution in [0, 0.1) is 12.3 Å². The third kappa shape index (κ3) is 14.8. The molecule has 2 aliphatic rings. The molecule has 12 heteroatoms. The molecule has 3 heterocycles. The number of amides is 2. The van der Waals surface area contributed by atoms with Crippen LogP contribution in [0.25, 0.3) is 21.6 Å². The number of aryl methyl sites for hydroxylation is 1. The van der Waals surface area contributed by atoms with E-state index in [1.807, 2.05) is 36.7 Å². The van der Waals surface area contributed by atoms with E-state index >= 15 is 0 Å². The maximum absolute atomic E-state index is 14.1. The summed E-state index contributed by atoms with van der Waals surface area (Å²) in [5.74, 6) is 1.08. The lowest BCUT2D eigenvalue weighted by molar-refractivity contribution is -0.142. The van der Waals surface area contributed by atoms with Gasteiger partial charge in [-0.1, -0.05) is 137 Å². The van der Waals surface area contributed by atoms with Crippen LogP contribution in [0.5, 0.6) is 5.75 Å². The van der Waals surface area contributed by atoms with E-state index in [9.17, 15) is 14.7 Å². The quantitative estimate of drug-likeness (QED) is 0.0338. The first-order valence-corrected chi connectivity index (χ1v) is 26.5. The highest BCUT2D eigenvalue weighted by molar-refractivity contribution is 7.13. The van der Waals surface area contributed by atoms with E-state index in [-0.39, 0.29) is 30.2 Å². The number of thiazole rings is 1. The van der Waals surface area contributed by atoms with E-state index in [1.54, 1.807) is 16.2 Å². The maximum atomic E-state index is 14.1. The van der Waals surface area contributed by atoms with E-state index in [2.05, 4.69) is 131 Å². The number of aliphatic hydroxyl groups excluding tert-OH is 1. The number of aliphatic hydroxyl groups is 1. The van der Waals surface area contributed by atoms with Crippen LogP contribution in [0.4, 0.5) is 0 Å². The Kier molecular flexibility index (Phi) is 19.4. The van der Waals surface area contributed by atoms with E-state index in [0.717, 1.165) is 105 Å². The molecule has 10 nitrogen and oxygen atoms in total. The van der Waals surface area contributed by atoms with Gasteiger partial charge in [0.2, 0.25) is 11.8 Å². The predicted octanol–water partition coefficient (Wildman–Crippen LogP) is 9.94. The van der Waals surface area contributed by atoms with Gasteiger partial charge in [0, 0.05) is 58.1 Å². The number of nitrogens with one attached hydrogen (secondary N) is 2. The number of carbonyl (C=O) groups is 2. The van der Waals surface area contributed by atoms with Gasteiger partial charge in [-0.2, -0.15) is 0 Å². The van der Waals surface area contributed by atoms with Gasteiger partial charge in [0.1, 0.15) is 18.4 Å². The molecule has 0 spiro atoms. The highest BCUT2D eigenvalue weighted by atomic mass is 35.5. The highest BCUT2D eigenvalue weighted by Gasteiger charge is 2.43. The molecule has 3 N–H and O–H groups in total. The smallest absolute Gasteiger partial charge is 0.243 e. The Hall–Kier alpha value is -4.88. The van der Waals surface area contributed by atoms with Crippen molar-refractivity contribution >= 4 is 45.9 Å². The maximum Gasteiger partial charge on any atom is 0.243 e. The molecule has 7 rings (SSSR count). The van der Waals surface area contributed by atoms with Crippen molar-refractivity contribution in [3.05, 3.63) is 143 Å². The molecule has 368 valence electrons. The number of carbonyl (C=O) groups excluding carboxylic acids is 2. The van der Waals surface area contributed by atoms with Crippen molar-refractivity contribution in [2.75, 3.05) is 64.8 Å². The monoisotopic (exact) mass is 973 g/mol. The summed E-state index contributed by atoms with van der Waals surface area (Å²) < 4.78 is 6.26. The number of alkyl halides is 1. The Morgan fingerprint density at radius 3 is 2.07 bits per heavy atom. The van der Waals surface area contributed by atoms with Crippen molar-refractivity contribution in [2.24, 2.45) is 5.41 Å². The van der Waals surface area contributed by atoms with Gasteiger partial charge >= 0.3 is 0 Å². The van der Waals surface area contributed by atoms with E-state index < -0.39 is 18.2 Å². The summed E-state index contributed by atoms with van der Waals surface area (Å²) in [7, 11) is 0. The molecule has 3 atom stereocenters. The lowest BCUT2D eigenvalue weighted by atomic mass is 9.85. The number of ether oxygens (including phenoxy) is 1. The lowest BCUT2D eigenvalue weighted by Crippen LogP contribution is -2.56. The Labute approximate surface area is 420 Å². The van der Waals surface area contributed by atoms with Crippen LogP contribution in [-0.2, 0) is 16.1 Å². The lowest BCUT2D eigenvalue weighted by Gasteiger charge is -2.35. The fourth-order valence-corrected chi connectivity index (χ4v) is 10.6. The molecule has 0 saturated carbocycles. The van der Waals surface area contributed by atoms with Crippen LogP contribution in [0.15, 0.2) is 115 Å². The summed E-state index contributed by atoms with van der Waals surface area (Å²) in [6.45, 7) is 16.4. The van der Waals surface area contributed by atoms with Crippen molar-refractivity contribution in [1.82, 2.24) is 30.3 Å². The summed E-state index contributed by atoms with van der Waals surface area (Å²) in [5.41, 5.74) is 10.5. The fourth-order valence-electron chi connectivity index (χ4n) is 9.65. The van der Waals surface area contributed by atoms with Crippen molar-refractivity contribution in [2.45, 2.75) is 97.4 Å². The summed E-state index contributed by atoms with van der Waals surface area (Å²) in [6.07, 6.45) is 5.90. The van der Waals surface area contributed by atoms with E-state index in [1.165, 1.54) is 35.1 Å². The number of allylic oxidation sites excluding steroid dienone is 1. The number of likely N-dealkylation sites (tertiary alicyclic amines) is 1. The zero-order valence-corrected chi connectivity index (χ0v) is 42.7. The average molecular weight is 974 g/mol. The highest BCUT2D eigenvalue weighted by Crippen LogP contribution is 2.36. The summed E-state index contributed by atoms with van der Waals surface area (Å²) in [4.78, 5) is 39.7. The van der Waals surface area contributed by atoms with Gasteiger partial charge in [-0.25, -0.2) is 4.98 Å². The third-order valence-electron chi connectivity index (χ3n) is 13.5. The summed E-state index contributed by atoms with van der Waals surface area (Å²) in [5, 5.41) is 17.2. The summed E-state index contributed by atoms with van der Waals surface area (Å²) in [6, 6.07) is 36.6.